The molecule has 0 aliphatic heterocycles. The van der Waals surface area contributed by atoms with Crippen LogP contribution < -0.4 is 10.6 Å². The number of anilines is 1. The van der Waals surface area contributed by atoms with Crippen LogP contribution in [0.2, 0.25) is 0 Å². The molecule has 2 N–H and O–H groups in total. The Bertz CT molecular complexity index is 521. The number of hydrogen-bond acceptors (Lipinski definition) is 1. The number of nitrogens with one attached hydrogen (secondary N) is 2. The lowest BCUT2D eigenvalue weighted by atomic mass is 10.2. The third-order valence-electron chi connectivity index (χ3n) is 2.32. The highest BCUT2D eigenvalue weighted by Crippen LogP contribution is 2.04. The van der Waals surface area contributed by atoms with Crippen molar-refractivity contribution in [2.45, 2.75) is 0 Å². The maximum absolute atomic E-state index is 11.5. The van der Waals surface area contributed by atoms with Crippen LogP contribution in [0.25, 0.3) is 6.08 Å². The summed E-state index contributed by atoms with van der Waals surface area (Å²) in [4.78, 5) is 11.5. The van der Waals surface area contributed by atoms with Crippen LogP contribution in [-0.2, 0) is 0 Å². The van der Waals surface area contributed by atoms with E-state index >= 15 is 0 Å². The van der Waals surface area contributed by atoms with E-state index in [-0.39, 0.29) is 6.03 Å². The smallest absolute Gasteiger partial charge is 0.314 e. The molecular formula is C15H14N2O. The molecule has 2 aromatic carbocycles. The fraction of sp³-hybridized carbons (Fsp3) is 0. The molecule has 18 heavy (non-hydrogen) atoms. The molecule has 0 aliphatic rings. The van der Waals surface area contributed by atoms with Gasteiger partial charge in [0.1, 0.15) is 0 Å². The van der Waals surface area contributed by atoms with E-state index in [2.05, 4.69) is 10.6 Å². The van der Waals surface area contributed by atoms with Crippen LogP contribution in [0.4, 0.5) is 10.5 Å². The van der Waals surface area contributed by atoms with E-state index in [9.17, 15) is 4.79 Å². The molecular weight excluding hydrogens is 224 g/mol. The van der Waals surface area contributed by atoms with E-state index < -0.39 is 0 Å². The first-order chi connectivity index (χ1) is 8.84. The van der Waals surface area contributed by atoms with Gasteiger partial charge in [-0.15, -0.1) is 0 Å². The average molecular weight is 238 g/mol. The van der Waals surface area contributed by atoms with Gasteiger partial charge in [-0.1, -0.05) is 48.5 Å². The molecule has 0 aliphatic carbocycles. The van der Waals surface area contributed by atoms with Crippen molar-refractivity contribution < 1.29 is 4.79 Å². The molecule has 0 radical (unpaired) electrons. The van der Waals surface area contributed by atoms with Crippen LogP contribution in [0.5, 0.6) is 0 Å². The van der Waals surface area contributed by atoms with Crippen molar-refractivity contribution in [2.24, 2.45) is 0 Å². The van der Waals surface area contributed by atoms with Gasteiger partial charge >= 0.3 is 6.03 Å². The predicted octanol–water partition coefficient (Wildman–Crippen LogP) is 3.48. The Morgan fingerprint density at radius 3 is 2.17 bits per heavy atom. The van der Waals surface area contributed by atoms with Crippen molar-refractivity contribution in [3.63, 3.8) is 0 Å². The predicted molar refractivity (Wildman–Crippen MR) is 74.1 cm³/mol. The number of carbonyl (C=O) groups excluding carboxylic acids is 1. The fourth-order valence-electron chi connectivity index (χ4n) is 1.47. The van der Waals surface area contributed by atoms with Gasteiger partial charge in [0, 0.05) is 11.9 Å². The number of urea groups is 1. The molecule has 0 heterocycles. The van der Waals surface area contributed by atoms with Crippen molar-refractivity contribution in [1.82, 2.24) is 5.32 Å². The topological polar surface area (TPSA) is 41.1 Å². The Balaban J connectivity index is 1.84. The zero-order valence-corrected chi connectivity index (χ0v) is 9.84. The van der Waals surface area contributed by atoms with Crippen LogP contribution in [0.3, 0.4) is 0 Å². The van der Waals surface area contributed by atoms with Crippen LogP contribution in [0.15, 0.2) is 66.9 Å². The molecule has 0 atom stereocenters. The first-order valence-corrected chi connectivity index (χ1v) is 5.69. The van der Waals surface area contributed by atoms with E-state index in [1.807, 2.05) is 66.7 Å². The van der Waals surface area contributed by atoms with Gasteiger partial charge < -0.3 is 10.6 Å². The van der Waals surface area contributed by atoms with Crippen molar-refractivity contribution in [2.75, 3.05) is 5.32 Å². The zero-order chi connectivity index (χ0) is 12.6. The van der Waals surface area contributed by atoms with Gasteiger partial charge in [0.05, 0.1) is 0 Å². The number of para-hydroxylation sites is 1. The van der Waals surface area contributed by atoms with Gasteiger partial charge in [-0.3, -0.25) is 0 Å². The first-order valence-electron chi connectivity index (χ1n) is 5.69. The van der Waals surface area contributed by atoms with Gasteiger partial charge in [-0.2, -0.15) is 0 Å². The average Bonchev–Trinajstić information content (AvgIpc) is 2.41. The molecule has 0 unspecified atom stereocenters. The summed E-state index contributed by atoms with van der Waals surface area (Å²) in [5.74, 6) is 0. The number of hydrogen-bond donors (Lipinski definition) is 2. The monoisotopic (exact) mass is 238 g/mol. The van der Waals surface area contributed by atoms with Gasteiger partial charge in [0.2, 0.25) is 0 Å². The van der Waals surface area contributed by atoms with Crippen LogP contribution >= 0.6 is 0 Å². The third kappa shape index (κ3) is 3.79. The second-order valence-corrected chi connectivity index (χ2v) is 3.71. The largest absolute Gasteiger partial charge is 0.323 e. The summed E-state index contributed by atoms with van der Waals surface area (Å²) in [6, 6.07) is 18.8. The number of amides is 2. The van der Waals surface area contributed by atoms with E-state index in [0.29, 0.717) is 0 Å². The standard InChI is InChI=1S/C15H14N2O/c18-15(17-14-9-5-2-6-10-14)16-12-11-13-7-3-1-4-8-13/h1-12H,(H2,16,17,18)/b12-11+. The SMILES string of the molecule is O=C(N/C=C/c1ccccc1)Nc1ccccc1. The summed E-state index contributed by atoms with van der Waals surface area (Å²) >= 11 is 0. The minimum absolute atomic E-state index is 0.256. The lowest BCUT2D eigenvalue weighted by molar-refractivity contribution is 0.255. The van der Waals surface area contributed by atoms with Gasteiger partial charge in [0.15, 0.2) is 0 Å². The minimum Gasteiger partial charge on any atom is -0.314 e. The fourth-order valence-corrected chi connectivity index (χ4v) is 1.47. The summed E-state index contributed by atoms with van der Waals surface area (Å²) in [6.07, 6.45) is 3.46. The summed E-state index contributed by atoms with van der Waals surface area (Å²) in [5.41, 5.74) is 1.81. The molecule has 3 heteroatoms. The van der Waals surface area contributed by atoms with Gasteiger partial charge in [-0.05, 0) is 23.8 Å². The Labute approximate surface area is 106 Å². The third-order valence-corrected chi connectivity index (χ3v) is 2.32. The molecule has 0 fully saturated rings. The lowest BCUT2D eigenvalue weighted by Gasteiger charge is -2.03. The molecule has 3 nitrogen and oxygen atoms in total. The summed E-state index contributed by atoms with van der Waals surface area (Å²) in [5, 5.41) is 5.38. The van der Waals surface area contributed by atoms with E-state index in [0.717, 1.165) is 11.3 Å². The van der Waals surface area contributed by atoms with Gasteiger partial charge in [0.25, 0.3) is 0 Å². The highest BCUT2D eigenvalue weighted by molar-refractivity contribution is 5.90. The molecule has 0 spiro atoms. The Morgan fingerprint density at radius 2 is 1.50 bits per heavy atom. The molecule has 0 aromatic heterocycles. The van der Waals surface area contributed by atoms with Crippen molar-refractivity contribution in [3.8, 4) is 0 Å². The molecule has 2 aromatic rings. The quantitative estimate of drug-likeness (QED) is 0.844. The first kappa shape index (κ1) is 11.9. The Morgan fingerprint density at radius 1 is 0.889 bits per heavy atom. The molecule has 0 saturated carbocycles. The number of carbonyl (C=O) groups is 1. The molecule has 2 rings (SSSR count). The van der Waals surface area contributed by atoms with Crippen LogP contribution in [0.1, 0.15) is 5.56 Å². The molecule has 0 saturated heterocycles. The summed E-state index contributed by atoms with van der Waals surface area (Å²) in [7, 11) is 0. The van der Waals surface area contributed by atoms with E-state index in [1.54, 1.807) is 6.20 Å². The maximum Gasteiger partial charge on any atom is 0.323 e. The molecule has 2 amide bonds. The van der Waals surface area contributed by atoms with E-state index in [1.165, 1.54) is 0 Å². The van der Waals surface area contributed by atoms with Crippen LogP contribution in [-0.4, -0.2) is 6.03 Å². The Kier molecular flexibility index (Phi) is 4.14. The highest BCUT2D eigenvalue weighted by atomic mass is 16.2. The number of rotatable bonds is 3. The Hall–Kier alpha value is -2.55. The van der Waals surface area contributed by atoms with Crippen LogP contribution in [0, 0.1) is 0 Å². The maximum atomic E-state index is 11.5. The summed E-state index contributed by atoms with van der Waals surface area (Å²) < 4.78 is 0. The minimum atomic E-state index is -0.256. The lowest BCUT2D eigenvalue weighted by Crippen LogP contribution is -2.23. The van der Waals surface area contributed by atoms with Crippen molar-refractivity contribution in [1.29, 1.82) is 0 Å². The molecule has 0 bridgehead atoms. The second kappa shape index (κ2) is 6.25. The second-order valence-electron chi connectivity index (χ2n) is 3.71. The molecule has 90 valence electrons. The normalized spacial score (nSPS) is 10.2. The zero-order valence-electron chi connectivity index (χ0n) is 9.84. The highest BCUT2D eigenvalue weighted by Gasteiger charge is 1.96. The van der Waals surface area contributed by atoms with Crippen molar-refractivity contribution in [3.05, 3.63) is 72.4 Å². The van der Waals surface area contributed by atoms with E-state index in [4.69, 9.17) is 0 Å². The van der Waals surface area contributed by atoms with Gasteiger partial charge in [-0.25, -0.2) is 4.79 Å². The summed E-state index contributed by atoms with van der Waals surface area (Å²) in [6.45, 7) is 0. The number of benzene rings is 2. The van der Waals surface area contributed by atoms with Crippen molar-refractivity contribution >= 4 is 17.8 Å².